The number of nitrogens with two attached hydrogens (primary N) is 1. The van der Waals surface area contributed by atoms with Crippen LogP contribution in [0.1, 0.15) is 49.4 Å². The molecule has 1 fully saturated rings. The van der Waals surface area contributed by atoms with Crippen molar-refractivity contribution in [3.05, 3.63) is 28.8 Å². The third-order valence-corrected chi connectivity index (χ3v) is 4.55. The maximum Gasteiger partial charge on any atom is 0.253 e. The predicted octanol–water partition coefficient (Wildman–Crippen LogP) is 3.36. The summed E-state index contributed by atoms with van der Waals surface area (Å²) in [6.07, 6.45) is 5.53. The highest BCUT2D eigenvalue weighted by atomic mass is 35.5. The van der Waals surface area contributed by atoms with Crippen molar-refractivity contribution in [2.24, 2.45) is 11.7 Å². The number of benzene rings is 1. The van der Waals surface area contributed by atoms with Crippen molar-refractivity contribution in [2.75, 3.05) is 11.9 Å². The van der Waals surface area contributed by atoms with Gasteiger partial charge in [0.15, 0.2) is 0 Å². The summed E-state index contributed by atoms with van der Waals surface area (Å²) in [6, 6.07) is 5.13. The summed E-state index contributed by atoms with van der Waals surface area (Å²) >= 11 is 6.14. The lowest BCUT2D eigenvalue weighted by Crippen LogP contribution is -2.36. The molecule has 7 heteroatoms. The van der Waals surface area contributed by atoms with Crippen LogP contribution >= 0.6 is 24.0 Å². The Morgan fingerprint density at radius 3 is 2.58 bits per heavy atom. The Morgan fingerprint density at radius 2 is 1.96 bits per heavy atom. The normalized spacial score (nSPS) is 16.0. The summed E-state index contributed by atoms with van der Waals surface area (Å²) in [6.45, 7) is 2.02. The van der Waals surface area contributed by atoms with E-state index in [1.54, 1.807) is 25.1 Å². The van der Waals surface area contributed by atoms with E-state index >= 15 is 0 Å². The molecule has 0 saturated heterocycles. The van der Waals surface area contributed by atoms with Crippen LogP contribution in [0, 0.1) is 5.92 Å². The van der Waals surface area contributed by atoms with Crippen LogP contribution in [0.15, 0.2) is 18.2 Å². The molecule has 4 N–H and O–H groups in total. The van der Waals surface area contributed by atoms with Crippen molar-refractivity contribution < 1.29 is 9.59 Å². The fourth-order valence-corrected chi connectivity index (χ4v) is 2.86. The molecule has 24 heavy (non-hydrogen) atoms. The zero-order valence-electron chi connectivity index (χ0n) is 13.8. The Kier molecular flexibility index (Phi) is 8.53. The van der Waals surface area contributed by atoms with Crippen molar-refractivity contribution in [1.29, 1.82) is 0 Å². The quantitative estimate of drug-likeness (QED) is 0.739. The molecule has 0 aromatic heterocycles. The van der Waals surface area contributed by atoms with Gasteiger partial charge in [0.25, 0.3) is 5.91 Å². The van der Waals surface area contributed by atoms with Crippen molar-refractivity contribution in [2.45, 2.75) is 45.1 Å². The van der Waals surface area contributed by atoms with Crippen LogP contribution < -0.4 is 16.4 Å². The van der Waals surface area contributed by atoms with Crippen LogP contribution in [-0.4, -0.2) is 24.4 Å². The van der Waals surface area contributed by atoms with Crippen LogP contribution in [0.4, 0.5) is 5.69 Å². The van der Waals surface area contributed by atoms with E-state index in [0.717, 1.165) is 25.7 Å². The number of halogens is 2. The monoisotopic (exact) mass is 373 g/mol. The van der Waals surface area contributed by atoms with Gasteiger partial charge in [0.1, 0.15) is 0 Å². The third kappa shape index (κ3) is 5.65. The van der Waals surface area contributed by atoms with Crippen LogP contribution in [-0.2, 0) is 4.79 Å². The van der Waals surface area contributed by atoms with E-state index in [4.69, 9.17) is 17.3 Å². The SMILES string of the molecule is CC(CN)C(=O)Nc1ccc(Cl)c(C(=O)NC2CCCCC2)c1.Cl. The molecule has 0 heterocycles. The lowest BCUT2D eigenvalue weighted by Gasteiger charge is -2.23. The minimum atomic E-state index is -0.287. The molecule has 5 nitrogen and oxygen atoms in total. The molecule has 0 bridgehead atoms. The van der Waals surface area contributed by atoms with Crippen LogP contribution in [0.2, 0.25) is 5.02 Å². The lowest BCUT2D eigenvalue weighted by atomic mass is 9.95. The molecule has 0 radical (unpaired) electrons. The first-order valence-corrected chi connectivity index (χ1v) is 8.50. The highest BCUT2D eigenvalue weighted by Crippen LogP contribution is 2.23. The van der Waals surface area contributed by atoms with E-state index < -0.39 is 0 Å². The van der Waals surface area contributed by atoms with Gasteiger partial charge in [0.2, 0.25) is 5.91 Å². The van der Waals surface area contributed by atoms with Crippen LogP contribution in [0.3, 0.4) is 0 Å². The Bertz CT molecular complexity index is 575. The summed E-state index contributed by atoms with van der Waals surface area (Å²) in [5.41, 5.74) is 6.42. The number of nitrogens with one attached hydrogen (secondary N) is 2. The summed E-state index contributed by atoms with van der Waals surface area (Å²) in [4.78, 5) is 24.3. The van der Waals surface area contributed by atoms with E-state index in [9.17, 15) is 9.59 Å². The molecule has 2 amide bonds. The van der Waals surface area contributed by atoms with E-state index in [0.29, 0.717) is 16.3 Å². The van der Waals surface area contributed by atoms with Crippen LogP contribution in [0.5, 0.6) is 0 Å². The minimum Gasteiger partial charge on any atom is -0.349 e. The van der Waals surface area contributed by atoms with Gasteiger partial charge in [-0.3, -0.25) is 9.59 Å². The summed E-state index contributed by atoms with van der Waals surface area (Å²) in [5.74, 6) is -0.650. The Balaban J connectivity index is 0.00000288. The Hall–Kier alpha value is -1.30. The molecule has 0 spiro atoms. The lowest BCUT2D eigenvalue weighted by molar-refractivity contribution is -0.119. The highest BCUT2D eigenvalue weighted by molar-refractivity contribution is 6.34. The minimum absolute atomic E-state index is 0. The highest BCUT2D eigenvalue weighted by Gasteiger charge is 2.19. The van der Waals surface area contributed by atoms with Crippen LogP contribution in [0.25, 0.3) is 0 Å². The number of hydrogen-bond acceptors (Lipinski definition) is 3. The largest absolute Gasteiger partial charge is 0.349 e. The summed E-state index contributed by atoms with van der Waals surface area (Å²) in [5, 5.41) is 6.17. The predicted molar refractivity (Wildman–Crippen MR) is 99.9 cm³/mol. The van der Waals surface area contributed by atoms with Gasteiger partial charge in [0.05, 0.1) is 10.6 Å². The molecular weight excluding hydrogens is 349 g/mol. The van der Waals surface area contributed by atoms with Gasteiger partial charge in [-0.25, -0.2) is 0 Å². The van der Waals surface area contributed by atoms with E-state index in [1.165, 1.54) is 6.42 Å². The topological polar surface area (TPSA) is 84.2 Å². The number of rotatable bonds is 5. The van der Waals surface area contributed by atoms with Gasteiger partial charge >= 0.3 is 0 Å². The zero-order chi connectivity index (χ0) is 16.8. The Morgan fingerprint density at radius 1 is 1.29 bits per heavy atom. The molecule has 1 aliphatic rings. The third-order valence-electron chi connectivity index (χ3n) is 4.22. The zero-order valence-corrected chi connectivity index (χ0v) is 15.4. The van der Waals surface area contributed by atoms with E-state index in [-0.39, 0.29) is 42.7 Å². The molecule has 1 aromatic carbocycles. The Labute approximate surface area is 154 Å². The average molecular weight is 374 g/mol. The first-order valence-electron chi connectivity index (χ1n) is 8.12. The van der Waals surface area contributed by atoms with Crippen molar-refractivity contribution >= 4 is 41.5 Å². The van der Waals surface area contributed by atoms with Gasteiger partial charge in [-0.15, -0.1) is 12.4 Å². The molecule has 2 rings (SSSR count). The molecule has 1 aliphatic carbocycles. The fraction of sp³-hybridized carbons (Fsp3) is 0.529. The van der Waals surface area contributed by atoms with Gasteiger partial charge in [-0.05, 0) is 31.0 Å². The standard InChI is InChI=1S/C17H24ClN3O2.ClH/c1-11(10-19)16(22)21-13-7-8-15(18)14(9-13)17(23)20-12-5-3-2-4-6-12;/h7-9,11-12H,2-6,10,19H2,1H3,(H,20,23)(H,21,22);1H. The molecule has 1 saturated carbocycles. The maximum atomic E-state index is 12.4. The van der Waals surface area contributed by atoms with Crippen molar-refractivity contribution in [1.82, 2.24) is 5.32 Å². The second kappa shape index (κ2) is 9.87. The summed E-state index contributed by atoms with van der Waals surface area (Å²) < 4.78 is 0. The maximum absolute atomic E-state index is 12.4. The molecule has 1 unspecified atom stereocenters. The molecule has 134 valence electrons. The van der Waals surface area contributed by atoms with Gasteiger partial charge in [-0.2, -0.15) is 0 Å². The molecule has 1 aromatic rings. The number of carbonyl (C=O) groups is 2. The van der Waals surface area contributed by atoms with Gasteiger partial charge in [0, 0.05) is 24.2 Å². The molecule has 0 aliphatic heterocycles. The first kappa shape index (κ1) is 20.7. The number of anilines is 1. The molecular formula is C17H25Cl2N3O2. The second-order valence-corrected chi connectivity index (χ2v) is 6.54. The molecule has 1 atom stereocenters. The smallest absolute Gasteiger partial charge is 0.253 e. The van der Waals surface area contributed by atoms with Crippen molar-refractivity contribution in [3.63, 3.8) is 0 Å². The van der Waals surface area contributed by atoms with Crippen molar-refractivity contribution in [3.8, 4) is 0 Å². The second-order valence-electron chi connectivity index (χ2n) is 6.13. The number of hydrogen-bond donors (Lipinski definition) is 3. The van der Waals surface area contributed by atoms with Gasteiger partial charge in [-0.1, -0.05) is 37.8 Å². The first-order chi connectivity index (χ1) is 11.0. The van der Waals surface area contributed by atoms with E-state index in [1.807, 2.05) is 0 Å². The number of amides is 2. The average Bonchev–Trinajstić information content (AvgIpc) is 2.56. The van der Waals surface area contributed by atoms with E-state index in [2.05, 4.69) is 10.6 Å². The van der Waals surface area contributed by atoms with Gasteiger partial charge < -0.3 is 16.4 Å². The summed E-state index contributed by atoms with van der Waals surface area (Å²) in [7, 11) is 0. The fourth-order valence-electron chi connectivity index (χ4n) is 2.66. The number of carbonyl (C=O) groups excluding carboxylic acids is 2.